The van der Waals surface area contributed by atoms with Crippen LogP contribution in [0.15, 0.2) is 55.1 Å². The topological polar surface area (TPSA) is 30.7 Å². The molecule has 0 saturated carbocycles. The van der Waals surface area contributed by atoms with Gasteiger partial charge in [0.05, 0.1) is 0 Å². The fourth-order valence-corrected chi connectivity index (χ4v) is 2.20. The summed E-state index contributed by atoms with van der Waals surface area (Å²) < 4.78 is 15.5. The van der Waals surface area contributed by atoms with Crippen molar-refractivity contribution < 1.29 is 4.39 Å². The Bertz CT molecular complexity index is 720. The van der Waals surface area contributed by atoms with E-state index in [1.165, 1.54) is 12.1 Å². The van der Waals surface area contributed by atoms with Crippen LogP contribution in [0.1, 0.15) is 11.1 Å². The van der Waals surface area contributed by atoms with Gasteiger partial charge in [-0.1, -0.05) is 6.07 Å². The maximum absolute atomic E-state index is 13.5. The van der Waals surface area contributed by atoms with Gasteiger partial charge in [0.1, 0.15) is 11.6 Å². The van der Waals surface area contributed by atoms with Crippen molar-refractivity contribution in [2.75, 3.05) is 0 Å². The smallest absolute Gasteiger partial charge is 0.140 e. The van der Waals surface area contributed by atoms with Gasteiger partial charge in [-0.05, 0) is 42.3 Å². The van der Waals surface area contributed by atoms with E-state index in [9.17, 15) is 4.39 Å². The predicted octanol–water partition coefficient (Wildman–Crippen LogP) is 3.44. The average Bonchev–Trinajstić information content (AvgIpc) is 2.91. The second kappa shape index (κ2) is 5.25. The summed E-state index contributed by atoms with van der Waals surface area (Å²) in [5.74, 6) is 0.530. The first kappa shape index (κ1) is 12.5. The van der Waals surface area contributed by atoms with Crippen LogP contribution >= 0.6 is 0 Å². The van der Waals surface area contributed by atoms with Gasteiger partial charge in [-0.3, -0.25) is 4.98 Å². The minimum Gasteiger partial charge on any atom is -0.327 e. The molecule has 3 aromatic rings. The lowest BCUT2D eigenvalue weighted by molar-refractivity contribution is 0.627. The number of pyridine rings is 1. The Hall–Kier alpha value is -2.49. The number of aryl methyl sites for hydroxylation is 1. The summed E-state index contributed by atoms with van der Waals surface area (Å²) in [7, 11) is 0. The molecule has 0 spiro atoms. The SMILES string of the molecule is Cc1ccc(F)cc1-c1nccn1Cc1ccncc1. The summed E-state index contributed by atoms with van der Waals surface area (Å²) in [6, 6.07) is 8.69. The van der Waals surface area contributed by atoms with Gasteiger partial charge >= 0.3 is 0 Å². The van der Waals surface area contributed by atoms with Crippen molar-refractivity contribution >= 4 is 0 Å². The van der Waals surface area contributed by atoms with Crippen LogP contribution in [0.5, 0.6) is 0 Å². The van der Waals surface area contributed by atoms with Crippen LogP contribution < -0.4 is 0 Å². The zero-order valence-corrected chi connectivity index (χ0v) is 11.1. The molecule has 0 amide bonds. The summed E-state index contributed by atoms with van der Waals surface area (Å²) in [6.45, 7) is 2.65. The third-order valence-corrected chi connectivity index (χ3v) is 3.26. The van der Waals surface area contributed by atoms with Crippen molar-refractivity contribution in [3.8, 4) is 11.4 Å². The van der Waals surface area contributed by atoms with Gasteiger partial charge in [0.25, 0.3) is 0 Å². The van der Waals surface area contributed by atoms with Crippen LogP contribution in [0.3, 0.4) is 0 Å². The van der Waals surface area contributed by atoms with Crippen molar-refractivity contribution in [3.05, 3.63) is 72.1 Å². The molecule has 0 saturated heterocycles. The second-order valence-electron chi connectivity index (χ2n) is 4.69. The molecule has 0 radical (unpaired) electrons. The first-order valence-corrected chi connectivity index (χ1v) is 6.40. The van der Waals surface area contributed by atoms with E-state index in [1.54, 1.807) is 24.7 Å². The van der Waals surface area contributed by atoms with Crippen molar-refractivity contribution in [2.24, 2.45) is 0 Å². The highest BCUT2D eigenvalue weighted by Crippen LogP contribution is 2.23. The number of imidazole rings is 1. The maximum atomic E-state index is 13.5. The highest BCUT2D eigenvalue weighted by atomic mass is 19.1. The van der Waals surface area contributed by atoms with Gasteiger partial charge < -0.3 is 4.57 Å². The molecule has 2 aromatic heterocycles. The highest BCUT2D eigenvalue weighted by molar-refractivity contribution is 5.60. The normalized spacial score (nSPS) is 10.7. The molecule has 4 heteroatoms. The standard InChI is InChI=1S/C16H14FN3/c1-12-2-3-14(17)10-15(12)16-19-8-9-20(16)11-13-4-6-18-7-5-13/h2-10H,11H2,1H3. The zero-order chi connectivity index (χ0) is 13.9. The summed E-state index contributed by atoms with van der Waals surface area (Å²) in [6.07, 6.45) is 7.17. The molecule has 0 bridgehead atoms. The van der Waals surface area contributed by atoms with Crippen LogP contribution in [0.2, 0.25) is 0 Å². The van der Waals surface area contributed by atoms with Gasteiger partial charge in [0.2, 0.25) is 0 Å². The van der Waals surface area contributed by atoms with Gasteiger partial charge in [-0.25, -0.2) is 9.37 Å². The van der Waals surface area contributed by atoms with E-state index in [0.29, 0.717) is 6.54 Å². The summed E-state index contributed by atoms with van der Waals surface area (Å²) in [4.78, 5) is 8.37. The molecule has 0 aliphatic heterocycles. The molecule has 0 N–H and O–H groups in total. The molecule has 1 aromatic carbocycles. The van der Waals surface area contributed by atoms with Gasteiger partial charge in [0.15, 0.2) is 0 Å². The Kier molecular flexibility index (Phi) is 3.29. The number of nitrogens with zero attached hydrogens (tertiary/aromatic N) is 3. The van der Waals surface area contributed by atoms with Crippen molar-refractivity contribution in [1.29, 1.82) is 0 Å². The number of benzene rings is 1. The fraction of sp³-hybridized carbons (Fsp3) is 0.125. The minimum atomic E-state index is -0.246. The third-order valence-electron chi connectivity index (χ3n) is 3.26. The summed E-state index contributed by atoms with van der Waals surface area (Å²) in [5, 5.41) is 0. The average molecular weight is 267 g/mol. The van der Waals surface area contributed by atoms with Crippen LogP contribution in [0.25, 0.3) is 11.4 Å². The van der Waals surface area contributed by atoms with E-state index in [2.05, 4.69) is 9.97 Å². The molecule has 2 heterocycles. The minimum absolute atomic E-state index is 0.246. The number of halogens is 1. The van der Waals surface area contributed by atoms with Gasteiger partial charge in [0, 0.05) is 36.9 Å². The van der Waals surface area contributed by atoms with E-state index < -0.39 is 0 Å². The number of aromatic nitrogens is 3. The van der Waals surface area contributed by atoms with Crippen molar-refractivity contribution in [2.45, 2.75) is 13.5 Å². The quantitative estimate of drug-likeness (QED) is 0.727. The van der Waals surface area contributed by atoms with Crippen molar-refractivity contribution in [1.82, 2.24) is 14.5 Å². The van der Waals surface area contributed by atoms with Crippen LogP contribution in [-0.2, 0) is 6.54 Å². The largest absolute Gasteiger partial charge is 0.327 e. The van der Waals surface area contributed by atoms with E-state index in [-0.39, 0.29) is 5.82 Å². The summed E-state index contributed by atoms with van der Waals surface area (Å²) in [5.41, 5.74) is 2.96. The van der Waals surface area contributed by atoms with Crippen LogP contribution in [0.4, 0.5) is 4.39 Å². The molecule has 3 rings (SSSR count). The number of hydrogen-bond acceptors (Lipinski definition) is 2. The highest BCUT2D eigenvalue weighted by Gasteiger charge is 2.10. The lowest BCUT2D eigenvalue weighted by atomic mass is 10.1. The van der Waals surface area contributed by atoms with Gasteiger partial charge in [-0.15, -0.1) is 0 Å². The lowest BCUT2D eigenvalue weighted by Crippen LogP contribution is -2.02. The molecular weight excluding hydrogens is 253 g/mol. The maximum Gasteiger partial charge on any atom is 0.140 e. The first-order valence-electron chi connectivity index (χ1n) is 6.40. The fourth-order valence-electron chi connectivity index (χ4n) is 2.20. The van der Waals surface area contributed by atoms with Gasteiger partial charge in [-0.2, -0.15) is 0 Å². The molecule has 0 aliphatic rings. The molecule has 0 unspecified atom stereocenters. The Morgan fingerprint density at radius 2 is 1.90 bits per heavy atom. The van der Waals surface area contributed by atoms with Crippen LogP contribution in [0, 0.1) is 12.7 Å². The van der Waals surface area contributed by atoms with Crippen molar-refractivity contribution in [3.63, 3.8) is 0 Å². The van der Waals surface area contributed by atoms with E-state index in [0.717, 1.165) is 22.5 Å². The van der Waals surface area contributed by atoms with E-state index in [4.69, 9.17) is 0 Å². The second-order valence-corrected chi connectivity index (χ2v) is 4.69. The monoisotopic (exact) mass is 267 g/mol. The Labute approximate surface area is 116 Å². The molecule has 0 aliphatic carbocycles. The molecule has 20 heavy (non-hydrogen) atoms. The molecule has 100 valence electrons. The first-order chi connectivity index (χ1) is 9.74. The molecule has 0 atom stereocenters. The third kappa shape index (κ3) is 2.45. The lowest BCUT2D eigenvalue weighted by Gasteiger charge is -2.10. The number of hydrogen-bond donors (Lipinski definition) is 0. The Morgan fingerprint density at radius 3 is 2.70 bits per heavy atom. The van der Waals surface area contributed by atoms with E-state index >= 15 is 0 Å². The summed E-state index contributed by atoms with van der Waals surface area (Å²) >= 11 is 0. The molecular formula is C16H14FN3. The zero-order valence-electron chi connectivity index (χ0n) is 11.1. The van der Waals surface area contributed by atoms with Crippen LogP contribution in [-0.4, -0.2) is 14.5 Å². The Morgan fingerprint density at radius 1 is 1.10 bits per heavy atom. The number of rotatable bonds is 3. The van der Waals surface area contributed by atoms with E-state index in [1.807, 2.05) is 29.8 Å². The Balaban J connectivity index is 2.00. The molecule has 0 fully saturated rings. The predicted molar refractivity (Wildman–Crippen MR) is 75.7 cm³/mol. The molecule has 3 nitrogen and oxygen atoms in total.